The van der Waals surface area contributed by atoms with E-state index >= 15 is 0 Å². The molecule has 0 radical (unpaired) electrons. The van der Waals surface area contributed by atoms with Crippen LogP contribution in [0.4, 0.5) is 0 Å². The molecule has 2 N–H and O–H groups in total. The minimum Gasteiger partial charge on any atom is -0.507 e. The number of aryl methyl sites for hydroxylation is 1. The third-order valence-corrected chi connectivity index (χ3v) is 3.44. The summed E-state index contributed by atoms with van der Waals surface area (Å²) in [6, 6.07) is 14.6. The molecule has 0 atom stereocenters. The number of carbonyl (C=O) groups excluding carboxylic acids is 1. The zero-order valence-corrected chi connectivity index (χ0v) is 12.4. The van der Waals surface area contributed by atoms with Crippen molar-refractivity contribution in [2.45, 2.75) is 13.0 Å². The zero-order valence-electron chi connectivity index (χ0n) is 12.4. The van der Waals surface area contributed by atoms with Crippen molar-refractivity contribution in [1.29, 1.82) is 0 Å². The van der Waals surface area contributed by atoms with Crippen LogP contribution in [0.25, 0.3) is 11.0 Å². The maximum absolute atomic E-state index is 11.8. The Hall–Kier alpha value is -3.15. The first-order valence-electron chi connectivity index (χ1n) is 7.24. The number of imidazole rings is 1. The Bertz CT molecular complexity index is 854. The van der Waals surface area contributed by atoms with E-state index in [0.29, 0.717) is 18.5 Å². The topological polar surface area (TPSA) is 79.5 Å². The number of fused-ring (bicyclic) bond motifs is 1. The van der Waals surface area contributed by atoms with Crippen molar-refractivity contribution in [2.24, 2.45) is 5.10 Å². The third-order valence-electron chi connectivity index (χ3n) is 3.44. The van der Waals surface area contributed by atoms with Gasteiger partial charge in [0.25, 0.3) is 0 Å². The summed E-state index contributed by atoms with van der Waals surface area (Å²) >= 11 is 0. The molecule has 0 aliphatic heterocycles. The van der Waals surface area contributed by atoms with E-state index in [1.54, 1.807) is 30.6 Å². The fraction of sp³-hybridized carbons (Fsp3) is 0.118. The molecule has 2 aromatic carbocycles. The first-order valence-corrected chi connectivity index (χ1v) is 7.24. The number of phenolic OH excluding ortho intramolecular Hbond substituents is 1. The molecular weight excluding hydrogens is 292 g/mol. The molecule has 3 aromatic rings. The Morgan fingerprint density at radius 2 is 2.00 bits per heavy atom. The highest BCUT2D eigenvalue weighted by Crippen LogP contribution is 2.13. The predicted octanol–water partition coefficient (Wildman–Crippen LogP) is 2.28. The highest BCUT2D eigenvalue weighted by molar-refractivity contribution is 5.85. The lowest BCUT2D eigenvalue weighted by atomic mass is 10.2. The van der Waals surface area contributed by atoms with Crippen LogP contribution in [0.3, 0.4) is 0 Å². The number of hydrogen-bond donors (Lipinski definition) is 2. The third kappa shape index (κ3) is 3.55. The molecule has 1 heterocycles. The van der Waals surface area contributed by atoms with Crippen molar-refractivity contribution >= 4 is 23.2 Å². The van der Waals surface area contributed by atoms with Crippen LogP contribution in [0.5, 0.6) is 5.75 Å². The molecule has 0 unspecified atom stereocenters. The average molecular weight is 308 g/mol. The van der Waals surface area contributed by atoms with Gasteiger partial charge in [0.1, 0.15) is 5.75 Å². The normalized spacial score (nSPS) is 11.1. The van der Waals surface area contributed by atoms with E-state index in [-0.39, 0.29) is 11.7 Å². The van der Waals surface area contributed by atoms with Gasteiger partial charge in [0.15, 0.2) is 0 Å². The summed E-state index contributed by atoms with van der Waals surface area (Å²) in [6.45, 7) is 0.526. The molecule has 6 heteroatoms. The molecule has 0 aliphatic rings. The highest BCUT2D eigenvalue weighted by Gasteiger charge is 2.04. The monoisotopic (exact) mass is 308 g/mol. The van der Waals surface area contributed by atoms with Crippen molar-refractivity contribution in [2.75, 3.05) is 0 Å². The summed E-state index contributed by atoms with van der Waals surface area (Å²) in [7, 11) is 0. The molecule has 1 aromatic heterocycles. The number of carbonyl (C=O) groups is 1. The molecule has 6 nitrogen and oxygen atoms in total. The van der Waals surface area contributed by atoms with Gasteiger partial charge in [-0.15, -0.1) is 0 Å². The lowest BCUT2D eigenvalue weighted by molar-refractivity contribution is -0.121. The number of nitrogens with zero attached hydrogens (tertiary/aromatic N) is 3. The van der Waals surface area contributed by atoms with Crippen LogP contribution in [0.1, 0.15) is 12.0 Å². The molecule has 0 fully saturated rings. The second-order valence-corrected chi connectivity index (χ2v) is 5.03. The Balaban J connectivity index is 1.55. The summed E-state index contributed by atoms with van der Waals surface area (Å²) in [5.74, 6) is -0.0789. The summed E-state index contributed by atoms with van der Waals surface area (Å²) < 4.78 is 1.93. The second kappa shape index (κ2) is 6.74. The lowest BCUT2D eigenvalue weighted by Crippen LogP contribution is -2.19. The lowest BCUT2D eigenvalue weighted by Gasteiger charge is -2.03. The number of hydrogen-bond acceptors (Lipinski definition) is 4. The number of phenols is 1. The van der Waals surface area contributed by atoms with Gasteiger partial charge in [0, 0.05) is 18.5 Å². The van der Waals surface area contributed by atoms with Crippen LogP contribution in [-0.4, -0.2) is 26.8 Å². The van der Waals surface area contributed by atoms with E-state index in [9.17, 15) is 9.90 Å². The van der Waals surface area contributed by atoms with Crippen molar-refractivity contribution < 1.29 is 9.90 Å². The van der Waals surface area contributed by atoms with Gasteiger partial charge in [-0.25, -0.2) is 10.4 Å². The second-order valence-electron chi connectivity index (χ2n) is 5.03. The summed E-state index contributed by atoms with van der Waals surface area (Å²) in [6.07, 6.45) is 3.43. The van der Waals surface area contributed by atoms with Gasteiger partial charge in [-0.2, -0.15) is 5.10 Å². The number of amides is 1. The Labute approximate surface area is 133 Å². The molecule has 1 amide bonds. The fourth-order valence-corrected chi connectivity index (χ4v) is 2.24. The molecule has 0 bridgehead atoms. The number of benzene rings is 2. The van der Waals surface area contributed by atoms with Gasteiger partial charge in [-0.1, -0.05) is 24.3 Å². The Kier molecular flexibility index (Phi) is 4.33. The van der Waals surface area contributed by atoms with Crippen molar-refractivity contribution in [3.05, 3.63) is 60.4 Å². The minimum atomic E-state index is -0.200. The average Bonchev–Trinajstić information content (AvgIpc) is 2.98. The first-order chi connectivity index (χ1) is 11.2. The Morgan fingerprint density at radius 3 is 2.87 bits per heavy atom. The quantitative estimate of drug-likeness (QED) is 0.560. The van der Waals surface area contributed by atoms with Gasteiger partial charge in [-0.05, 0) is 24.3 Å². The van der Waals surface area contributed by atoms with Crippen molar-refractivity contribution in [3.8, 4) is 5.75 Å². The number of aromatic hydroxyl groups is 1. The largest absolute Gasteiger partial charge is 0.507 e. The molecule has 116 valence electrons. The predicted molar refractivity (Wildman–Crippen MR) is 88.2 cm³/mol. The van der Waals surface area contributed by atoms with Crippen LogP contribution in [0.15, 0.2) is 60.0 Å². The van der Waals surface area contributed by atoms with E-state index in [0.717, 1.165) is 11.0 Å². The van der Waals surface area contributed by atoms with Gasteiger partial charge >= 0.3 is 0 Å². The summed E-state index contributed by atoms with van der Waals surface area (Å²) in [4.78, 5) is 16.1. The van der Waals surface area contributed by atoms with Gasteiger partial charge in [0.2, 0.25) is 5.91 Å². The Morgan fingerprint density at radius 1 is 1.22 bits per heavy atom. The van der Waals surface area contributed by atoms with Crippen LogP contribution >= 0.6 is 0 Å². The number of nitrogens with one attached hydrogen (secondary N) is 1. The van der Waals surface area contributed by atoms with Gasteiger partial charge < -0.3 is 9.67 Å². The number of rotatable bonds is 5. The molecular formula is C17H16N4O2. The number of aromatic nitrogens is 2. The van der Waals surface area contributed by atoms with Crippen LogP contribution in [-0.2, 0) is 11.3 Å². The van der Waals surface area contributed by atoms with Crippen molar-refractivity contribution in [1.82, 2.24) is 15.0 Å². The molecule has 0 spiro atoms. The van der Waals surface area contributed by atoms with E-state index in [1.165, 1.54) is 6.21 Å². The van der Waals surface area contributed by atoms with Crippen LogP contribution < -0.4 is 5.43 Å². The highest BCUT2D eigenvalue weighted by atomic mass is 16.3. The van der Waals surface area contributed by atoms with Gasteiger partial charge in [0.05, 0.1) is 23.6 Å². The van der Waals surface area contributed by atoms with Gasteiger partial charge in [-0.3, -0.25) is 4.79 Å². The maximum atomic E-state index is 11.8. The molecule has 0 saturated heterocycles. The molecule has 0 saturated carbocycles. The van der Waals surface area contributed by atoms with Crippen LogP contribution in [0.2, 0.25) is 0 Å². The molecule has 23 heavy (non-hydrogen) atoms. The van der Waals surface area contributed by atoms with E-state index in [4.69, 9.17) is 0 Å². The minimum absolute atomic E-state index is 0.121. The smallest absolute Gasteiger partial charge is 0.241 e. The van der Waals surface area contributed by atoms with Crippen molar-refractivity contribution in [3.63, 3.8) is 0 Å². The van der Waals surface area contributed by atoms with Crippen LogP contribution in [0, 0.1) is 0 Å². The number of para-hydroxylation sites is 3. The molecule has 0 aliphatic carbocycles. The summed E-state index contributed by atoms with van der Waals surface area (Å²) in [5.41, 5.74) is 4.91. The first kappa shape index (κ1) is 14.8. The SMILES string of the molecule is O=C(CCn1cnc2ccccc21)N/N=C/c1ccccc1O. The maximum Gasteiger partial charge on any atom is 0.241 e. The van der Waals surface area contributed by atoms with E-state index < -0.39 is 0 Å². The summed E-state index contributed by atoms with van der Waals surface area (Å²) in [5, 5.41) is 13.4. The number of hydrazone groups is 1. The van der Waals surface area contributed by atoms with E-state index in [1.807, 2.05) is 28.8 Å². The standard InChI is InChI=1S/C17H16N4O2/c22-16-8-4-1-5-13(16)11-19-20-17(23)9-10-21-12-18-14-6-2-3-7-15(14)21/h1-8,11-12,22H,9-10H2,(H,20,23)/b19-11+. The van der Waals surface area contributed by atoms with E-state index in [2.05, 4.69) is 15.5 Å². The fourth-order valence-electron chi connectivity index (χ4n) is 2.24. The molecule has 3 rings (SSSR count). The zero-order chi connectivity index (χ0) is 16.1.